The van der Waals surface area contributed by atoms with Crippen molar-refractivity contribution in [2.24, 2.45) is 5.10 Å². The third kappa shape index (κ3) is 5.79. The highest BCUT2D eigenvalue weighted by atomic mass is 16.6. The summed E-state index contributed by atoms with van der Waals surface area (Å²) in [6, 6.07) is 15.4. The van der Waals surface area contributed by atoms with Gasteiger partial charge < -0.3 is 9.15 Å². The maximum absolute atomic E-state index is 12.1. The van der Waals surface area contributed by atoms with Gasteiger partial charge in [0.05, 0.1) is 11.1 Å². The average Bonchev–Trinajstić information content (AvgIpc) is 3.21. The number of non-ortho nitro benzene ring substituents is 1. The van der Waals surface area contributed by atoms with Crippen molar-refractivity contribution in [3.63, 3.8) is 0 Å². The van der Waals surface area contributed by atoms with E-state index in [2.05, 4.69) is 24.4 Å². The van der Waals surface area contributed by atoms with Gasteiger partial charge >= 0.3 is 0 Å². The average molecular weight is 421 g/mol. The molecule has 0 unspecified atom stereocenters. The van der Waals surface area contributed by atoms with Crippen LogP contribution >= 0.6 is 0 Å². The lowest BCUT2D eigenvalue weighted by Crippen LogP contribution is -2.24. The van der Waals surface area contributed by atoms with Crippen LogP contribution in [0, 0.1) is 17.0 Å². The van der Waals surface area contributed by atoms with Crippen LogP contribution in [0.2, 0.25) is 0 Å². The Bertz CT molecular complexity index is 1100. The van der Waals surface area contributed by atoms with Crippen LogP contribution < -0.4 is 10.2 Å². The summed E-state index contributed by atoms with van der Waals surface area (Å²) in [6.45, 7) is 5.94. The summed E-state index contributed by atoms with van der Waals surface area (Å²) in [4.78, 5) is 22.3. The van der Waals surface area contributed by atoms with Gasteiger partial charge in [0, 0.05) is 17.7 Å². The summed E-state index contributed by atoms with van der Waals surface area (Å²) in [5.74, 6) is 1.53. The first-order valence-corrected chi connectivity index (χ1v) is 9.73. The molecule has 1 aromatic heterocycles. The summed E-state index contributed by atoms with van der Waals surface area (Å²) >= 11 is 0. The van der Waals surface area contributed by atoms with E-state index in [0.29, 0.717) is 22.8 Å². The fraction of sp³-hybridized carbons (Fsp3) is 0.217. The normalized spacial score (nSPS) is 11.1. The lowest BCUT2D eigenvalue weighted by Gasteiger charge is -2.14. The minimum Gasteiger partial charge on any atom is -0.483 e. The Balaban J connectivity index is 1.55. The standard InChI is InChI=1S/C23H23N3O5/c1-15(2)20-10-4-16(3)12-22(20)30-14-23(27)25-24-13-19-9-11-21(31-19)17-5-7-18(8-6-17)26(28)29/h4-13,15H,14H2,1-3H3,(H,25,27)/b24-13-. The Morgan fingerprint density at radius 1 is 1.19 bits per heavy atom. The van der Waals surface area contributed by atoms with E-state index in [1.807, 2.05) is 25.1 Å². The second-order valence-corrected chi connectivity index (χ2v) is 7.28. The Morgan fingerprint density at radius 3 is 2.61 bits per heavy atom. The molecule has 0 fully saturated rings. The number of nitrogens with zero attached hydrogens (tertiary/aromatic N) is 2. The van der Waals surface area contributed by atoms with Gasteiger partial charge in [-0.2, -0.15) is 5.10 Å². The van der Waals surface area contributed by atoms with E-state index in [0.717, 1.165) is 11.1 Å². The smallest absolute Gasteiger partial charge is 0.277 e. The van der Waals surface area contributed by atoms with Gasteiger partial charge in [0.15, 0.2) is 6.61 Å². The molecule has 3 rings (SSSR count). The van der Waals surface area contributed by atoms with Crippen LogP contribution in [0.5, 0.6) is 5.75 Å². The van der Waals surface area contributed by atoms with E-state index in [1.165, 1.54) is 18.3 Å². The molecule has 2 aromatic carbocycles. The number of furan rings is 1. The maximum Gasteiger partial charge on any atom is 0.277 e. The van der Waals surface area contributed by atoms with Crippen LogP contribution in [0.25, 0.3) is 11.3 Å². The number of aryl methyl sites for hydroxylation is 1. The lowest BCUT2D eigenvalue weighted by molar-refractivity contribution is -0.384. The van der Waals surface area contributed by atoms with Gasteiger partial charge in [-0.05, 0) is 54.3 Å². The van der Waals surface area contributed by atoms with Crippen LogP contribution in [0.1, 0.15) is 36.7 Å². The highest BCUT2D eigenvalue weighted by Crippen LogP contribution is 2.27. The number of carbonyl (C=O) groups is 1. The molecular weight excluding hydrogens is 398 g/mol. The van der Waals surface area contributed by atoms with E-state index in [-0.39, 0.29) is 18.2 Å². The SMILES string of the molecule is Cc1ccc(C(C)C)c(OCC(=O)N/N=C\c2ccc(-c3ccc([N+](=O)[O-])cc3)o2)c1. The Labute approximate surface area is 179 Å². The fourth-order valence-electron chi connectivity index (χ4n) is 2.91. The quantitative estimate of drug-likeness (QED) is 0.319. The largest absolute Gasteiger partial charge is 0.483 e. The fourth-order valence-corrected chi connectivity index (χ4v) is 2.91. The molecule has 1 heterocycles. The van der Waals surface area contributed by atoms with Crippen molar-refractivity contribution < 1.29 is 18.9 Å². The summed E-state index contributed by atoms with van der Waals surface area (Å²) in [5.41, 5.74) is 5.20. The molecule has 1 amide bonds. The lowest BCUT2D eigenvalue weighted by atomic mass is 10.0. The van der Waals surface area contributed by atoms with Crippen LogP contribution in [0.3, 0.4) is 0 Å². The van der Waals surface area contributed by atoms with Crippen LogP contribution in [0.15, 0.2) is 64.1 Å². The van der Waals surface area contributed by atoms with Gasteiger partial charge in [0.2, 0.25) is 0 Å². The van der Waals surface area contributed by atoms with E-state index >= 15 is 0 Å². The number of nitrogens with one attached hydrogen (secondary N) is 1. The van der Waals surface area contributed by atoms with Gasteiger partial charge in [0.25, 0.3) is 11.6 Å². The summed E-state index contributed by atoms with van der Waals surface area (Å²) < 4.78 is 11.3. The molecule has 0 saturated carbocycles. The van der Waals surface area contributed by atoms with E-state index < -0.39 is 10.8 Å². The number of hydrogen-bond acceptors (Lipinski definition) is 6. The second kappa shape index (κ2) is 9.71. The second-order valence-electron chi connectivity index (χ2n) is 7.28. The number of ether oxygens (including phenoxy) is 1. The number of rotatable bonds is 8. The molecule has 0 atom stereocenters. The highest BCUT2D eigenvalue weighted by molar-refractivity contribution is 5.81. The Morgan fingerprint density at radius 2 is 1.94 bits per heavy atom. The van der Waals surface area contributed by atoms with Crippen molar-refractivity contribution in [3.8, 4) is 17.1 Å². The first-order valence-electron chi connectivity index (χ1n) is 9.73. The molecule has 31 heavy (non-hydrogen) atoms. The van der Waals surface area contributed by atoms with Gasteiger partial charge in [-0.3, -0.25) is 14.9 Å². The van der Waals surface area contributed by atoms with E-state index in [9.17, 15) is 14.9 Å². The number of benzene rings is 2. The van der Waals surface area contributed by atoms with Gasteiger partial charge in [0.1, 0.15) is 17.3 Å². The van der Waals surface area contributed by atoms with Crippen LogP contribution in [-0.2, 0) is 4.79 Å². The van der Waals surface area contributed by atoms with Crippen molar-refractivity contribution >= 4 is 17.8 Å². The number of amides is 1. The summed E-state index contributed by atoms with van der Waals surface area (Å²) in [6.07, 6.45) is 1.37. The number of nitro benzene ring substituents is 1. The number of carbonyl (C=O) groups excluding carboxylic acids is 1. The van der Waals surface area contributed by atoms with E-state index in [1.54, 1.807) is 24.3 Å². The number of hydrazone groups is 1. The third-order valence-electron chi connectivity index (χ3n) is 4.52. The number of hydrogen-bond donors (Lipinski definition) is 1. The topological polar surface area (TPSA) is 107 Å². The molecule has 1 N–H and O–H groups in total. The molecule has 0 saturated heterocycles. The zero-order valence-corrected chi connectivity index (χ0v) is 17.5. The van der Waals surface area contributed by atoms with Crippen molar-refractivity contribution in [1.82, 2.24) is 5.43 Å². The molecule has 3 aromatic rings. The summed E-state index contributed by atoms with van der Waals surface area (Å²) in [7, 11) is 0. The minimum atomic E-state index is -0.459. The molecule has 0 aliphatic carbocycles. The van der Waals surface area contributed by atoms with Crippen LogP contribution in [0.4, 0.5) is 5.69 Å². The maximum atomic E-state index is 12.1. The zero-order valence-electron chi connectivity index (χ0n) is 17.5. The predicted molar refractivity (Wildman–Crippen MR) is 117 cm³/mol. The first-order chi connectivity index (χ1) is 14.8. The highest BCUT2D eigenvalue weighted by Gasteiger charge is 2.11. The van der Waals surface area contributed by atoms with Gasteiger partial charge in [-0.15, -0.1) is 0 Å². The molecular formula is C23H23N3O5. The Kier molecular flexibility index (Phi) is 6.81. The van der Waals surface area contributed by atoms with Crippen molar-refractivity contribution in [2.45, 2.75) is 26.7 Å². The molecule has 0 spiro atoms. The third-order valence-corrected chi connectivity index (χ3v) is 4.52. The summed E-state index contributed by atoms with van der Waals surface area (Å²) in [5, 5.41) is 14.6. The minimum absolute atomic E-state index is 0.00759. The molecule has 8 nitrogen and oxygen atoms in total. The van der Waals surface area contributed by atoms with Crippen molar-refractivity contribution in [1.29, 1.82) is 0 Å². The molecule has 0 aliphatic heterocycles. The number of nitro groups is 1. The molecule has 8 heteroatoms. The zero-order chi connectivity index (χ0) is 22.4. The molecule has 0 aliphatic rings. The first kappa shape index (κ1) is 21.8. The van der Waals surface area contributed by atoms with Crippen LogP contribution in [-0.4, -0.2) is 23.7 Å². The van der Waals surface area contributed by atoms with Crippen molar-refractivity contribution in [2.75, 3.05) is 6.61 Å². The molecule has 0 radical (unpaired) electrons. The predicted octanol–water partition coefficient (Wildman–Crippen LogP) is 4.82. The van der Waals surface area contributed by atoms with E-state index in [4.69, 9.17) is 9.15 Å². The molecule has 0 bridgehead atoms. The molecule has 160 valence electrons. The van der Waals surface area contributed by atoms with Gasteiger partial charge in [-0.1, -0.05) is 26.0 Å². The van der Waals surface area contributed by atoms with Gasteiger partial charge in [-0.25, -0.2) is 5.43 Å². The van der Waals surface area contributed by atoms with Crippen molar-refractivity contribution in [3.05, 3.63) is 81.6 Å². The monoisotopic (exact) mass is 421 g/mol. The Hall–Kier alpha value is -3.94.